The molecule has 0 unspecified atom stereocenters. The van der Waals surface area contributed by atoms with E-state index in [4.69, 9.17) is 9.47 Å². The van der Waals surface area contributed by atoms with E-state index in [1.807, 2.05) is 0 Å². The minimum atomic E-state index is -4.50. The number of aromatic hydroxyl groups is 1. The summed E-state index contributed by atoms with van der Waals surface area (Å²) in [6.07, 6.45) is 0.385. The van der Waals surface area contributed by atoms with Crippen LogP contribution >= 0.6 is 39.5 Å². The molecule has 0 saturated carbocycles. The highest BCUT2D eigenvalue weighted by Crippen LogP contribution is 2.51. The molecule has 3 aromatic rings. The van der Waals surface area contributed by atoms with Crippen LogP contribution in [0.5, 0.6) is 23.0 Å². The molecule has 3 rings (SSSR count). The maximum absolute atomic E-state index is 13.1. The average molecular weight is 590 g/mol. The third-order valence-corrected chi connectivity index (χ3v) is 7.29. The Morgan fingerprint density at radius 2 is 1.56 bits per heavy atom. The second kappa shape index (κ2) is 9.53. The molecule has 0 spiro atoms. The summed E-state index contributed by atoms with van der Waals surface area (Å²) in [5.41, 5.74) is 1.43. The quantitative estimate of drug-likeness (QED) is 0.264. The zero-order chi connectivity index (χ0) is 23.7. The first kappa shape index (κ1) is 24.7. The van der Waals surface area contributed by atoms with E-state index >= 15 is 0 Å². The zero-order valence-electron chi connectivity index (χ0n) is 17.1. The number of rotatable bonds is 7. The van der Waals surface area contributed by atoms with Crippen LogP contribution < -0.4 is 9.47 Å². The Labute approximate surface area is 201 Å². The van der Waals surface area contributed by atoms with Gasteiger partial charge in [-0.05, 0) is 93.7 Å². The zero-order valence-corrected chi connectivity index (χ0v) is 21.1. The summed E-state index contributed by atoms with van der Waals surface area (Å²) in [6, 6.07) is 13.9. The van der Waals surface area contributed by atoms with Crippen LogP contribution in [-0.4, -0.2) is 20.2 Å². The van der Waals surface area contributed by atoms with Gasteiger partial charge in [0.25, 0.3) is 0 Å². The summed E-state index contributed by atoms with van der Waals surface area (Å²) in [6.45, 7) is 2.61. The molecule has 0 fully saturated rings. The lowest BCUT2D eigenvalue weighted by Crippen LogP contribution is -2.28. The average Bonchev–Trinajstić information content (AvgIpc) is 2.67. The molecule has 0 amide bonds. The number of halogens is 3. The number of hydrogen-bond donors (Lipinski definition) is 3. The van der Waals surface area contributed by atoms with Crippen molar-refractivity contribution in [3.63, 3.8) is 0 Å². The molecular formula is C22H20Br2FO6P. The fourth-order valence-electron chi connectivity index (χ4n) is 2.75. The van der Waals surface area contributed by atoms with Gasteiger partial charge in [0.15, 0.2) is 5.75 Å². The molecule has 0 radical (unpaired) electrons. The number of ether oxygens (including phenoxy) is 2. The van der Waals surface area contributed by atoms with Crippen LogP contribution in [0.25, 0.3) is 0 Å². The van der Waals surface area contributed by atoms with E-state index in [2.05, 4.69) is 31.9 Å². The van der Waals surface area contributed by atoms with Crippen LogP contribution in [0.15, 0.2) is 63.5 Å². The number of benzene rings is 3. The van der Waals surface area contributed by atoms with Crippen LogP contribution in [0.4, 0.5) is 4.39 Å². The minimum Gasteiger partial charge on any atom is -0.508 e. The molecule has 0 bridgehead atoms. The summed E-state index contributed by atoms with van der Waals surface area (Å²) in [5.74, 6) is 0.840. The van der Waals surface area contributed by atoms with E-state index < -0.39 is 12.9 Å². The summed E-state index contributed by atoms with van der Waals surface area (Å²) in [5, 5.41) is 8.50. The molecule has 3 N–H and O–H groups in total. The molecule has 0 aliphatic carbocycles. The fraction of sp³-hybridized carbons (Fsp3) is 0.182. The number of phenols is 1. The Kier molecular flexibility index (Phi) is 7.37. The van der Waals surface area contributed by atoms with Gasteiger partial charge in [-0.2, -0.15) is 0 Å². The van der Waals surface area contributed by atoms with Gasteiger partial charge >= 0.3 is 7.60 Å². The molecular weight excluding hydrogens is 570 g/mol. The van der Waals surface area contributed by atoms with Crippen LogP contribution in [0.3, 0.4) is 0 Å². The fourth-order valence-corrected chi connectivity index (χ4v) is 4.28. The van der Waals surface area contributed by atoms with Crippen LogP contribution in [0.2, 0.25) is 0 Å². The third-order valence-electron chi connectivity index (χ3n) is 4.62. The van der Waals surface area contributed by atoms with Crippen molar-refractivity contribution in [3.05, 3.63) is 80.5 Å². The lowest BCUT2D eigenvalue weighted by atomic mass is 10.0. The van der Waals surface area contributed by atoms with Gasteiger partial charge in [0, 0.05) is 12.0 Å². The standard InChI is InChI=1S/C22H20Br2FO6P/c1-22(2,32(27,28)29)31-17-11-18(23)21(19(24)12-17)30-16-7-8-20(26)14(10-16)9-13-3-5-15(25)6-4-13/h3-8,10-12,26H,9H2,1-2H3,(H2,27,28,29). The maximum atomic E-state index is 13.1. The molecule has 0 aliphatic rings. The smallest absolute Gasteiger partial charge is 0.368 e. The van der Waals surface area contributed by atoms with Gasteiger partial charge in [-0.1, -0.05) is 12.1 Å². The highest BCUT2D eigenvalue weighted by atomic mass is 79.9. The van der Waals surface area contributed by atoms with Crippen molar-refractivity contribution in [3.8, 4) is 23.0 Å². The molecule has 0 saturated heterocycles. The van der Waals surface area contributed by atoms with E-state index in [1.165, 1.54) is 44.2 Å². The monoisotopic (exact) mass is 588 g/mol. The Hall–Kier alpha value is -1.90. The van der Waals surface area contributed by atoms with Gasteiger partial charge in [-0.25, -0.2) is 4.39 Å². The van der Waals surface area contributed by atoms with Crippen molar-refractivity contribution in [2.45, 2.75) is 25.6 Å². The van der Waals surface area contributed by atoms with Crippen LogP contribution in [0, 0.1) is 5.82 Å². The predicted molar refractivity (Wildman–Crippen MR) is 126 cm³/mol. The SMILES string of the molecule is CC(C)(Oc1cc(Br)c(Oc2ccc(O)c(Cc3ccc(F)cc3)c2)c(Br)c1)P(=O)(O)O. The van der Waals surface area contributed by atoms with E-state index in [9.17, 15) is 23.8 Å². The van der Waals surface area contributed by atoms with Crippen molar-refractivity contribution in [1.29, 1.82) is 0 Å². The molecule has 10 heteroatoms. The summed E-state index contributed by atoms with van der Waals surface area (Å²) < 4.78 is 37.2. The van der Waals surface area contributed by atoms with Crippen molar-refractivity contribution < 1.29 is 33.3 Å². The van der Waals surface area contributed by atoms with E-state index in [0.717, 1.165) is 5.56 Å². The van der Waals surface area contributed by atoms with Gasteiger partial charge in [-0.3, -0.25) is 4.57 Å². The van der Waals surface area contributed by atoms with Gasteiger partial charge in [0.05, 0.1) is 8.95 Å². The number of phenolic OH excluding ortho intramolecular Hbond substituents is 1. The Balaban J connectivity index is 1.84. The van der Waals surface area contributed by atoms with E-state index in [-0.39, 0.29) is 17.3 Å². The third kappa shape index (κ3) is 5.91. The molecule has 0 aliphatic heterocycles. The molecule has 32 heavy (non-hydrogen) atoms. The molecule has 3 aromatic carbocycles. The van der Waals surface area contributed by atoms with Gasteiger partial charge in [0.2, 0.25) is 5.34 Å². The molecule has 0 heterocycles. The second-order valence-corrected chi connectivity index (χ2v) is 11.4. The normalized spacial score (nSPS) is 12.0. The van der Waals surface area contributed by atoms with Crippen molar-refractivity contribution >= 4 is 39.5 Å². The lowest BCUT2D eigenvalue weighted by Gasteiger charge is -2.27. The first-order chi connectivity index (χ1) is 14.9. The number of hydrogen-bond acceptors (Lipinski definition) is 4. The highest BCUT2D eigenvalue weighted by molar-refractivity contribution is 9.11. The maximum Gasteiger partial charge on any atom is 0.368 e. The second-order valence-electron chi connectivity index (χ2n) is 7.50. The van der Waals surface area contributed by atoms with E-state index in [0.29, 0.717) is 32.4 Å². The Morgan fingerprint density at radius 1 is 0.969 bits per heavy atom. The lowest BCUT2D eigenvalue weighted by molar-refractivity contribution is 0.151. The van der Waals surface area contributed by atoms with Gasteiger partial charge < -0.3 is 24.4 Å². The molecule has 0 atom stereocenters. The summed E-state index contributed by atoms with van der Waals surface area (Å²) in [4.78, 5) is 18.9. The first-order valence-corrected chi connectivity index (χ1v) is 12.5. The van der Waals surface area contributed by atoms with E-state index in [1.54, 1.807) is 24.3 Å². The Bertz CT molecular complexity index is 1150. The molecule has 0 aromatic heterocycles. The van der Waals surface area contributed by atoms with Gasteiger partial charge in [0.1, 0.15) is 23.1 Å². The van der Waals surface area contributed by atoms with Crippen molar-refractivity contribution in [2.24, 2.45) is 0 Å². The molecule has 170 valence electrons. The minimum absolute atomic E-state index is 0.0863. The molecule has 6 nitrogen and oxygen atoms in total. The van der Waals surface area contributed by atoms with Gasteiger partial charge in [-0.15, -0.1) is 0 Å². The Morgan fingerprint density at radius 3 is 2.12 bits per heavy atom. The predicted octanol–water partition coefficient (Wildman–Crippen LogP) is 6.73. The van der Waals surface area contributed by atoms with Crippen LogP contribution in [-0.2, 0) is 11.0 Å². The largest absolute Gasteiger partial charge is 0.508 e. The van der Waals surface area contributed by atoms with Crippen molar-refractivity contribution in [2.75, 3.05) is 0 Å². The topological polar surface area (TPSA) is 96.2 Å². The van der Waals surface area contributed by atoms with Crippen LogP contribution in [0.1, 0.15) is 25.0 Å². The highest BCUT2D eigenvalue weighted by Gasteiger charge is 2.40. The summed E-state index contributed by atoms with van der Waals surface area (Å²) >= 11 is 6.79. The first-order valence-electron chi connectivity index (χ1n) is 9.33. The summed E-state index contributed by atoms with van der Waals surface area (Å²) in [7, 11) is -4.50. The van der Waals surface area contributed by atoms with Crippen molar-refractivity contribution in [1.82, 2.24) is 0 Å².